The van der Waals surface area contributed by atoms with Crippen molar-refractivity contribution in [1.29, 1.82) is 0 Å². The van der Waals surface area contributed by atoms with Gasteiger partial charge in [-0.2, -0.15) is 0 Å². The molecule has 1 aromatic carbocycles. The summed E-state index contributed by atoms with van der Waals surface area (Å²) in [7, 11) is 0. The Labute approximate surface area is 157 Å². The third-order valence-electron chi connectivity index (χ3n) is 6.91. The molecule has 26 heavy (non-hydrogen) atoms. The summed E-state index contributed by atoms with van der Waals surface area (Å²) in [5.41, 5.74) is 3.03. The molecule has 0 unspecified atom stereocenters. The molecule has 1 saturated carbocycles. The molecule has 4 heteroatoms. The minimum absolute atomic E-state index is 0.00474. The van der Waals surface area contributed by atoms with Crippen LogP contribution in [0.15, 0.2) is 24.3 Å². The molecule has 2 saturated heterocycles. The Morgan fingerprint density at radius 2 is 1.73 bits per heavy atom. The molecule has 1 amide bonds. The number of carbonyl (C=O) groups is 1. The van der Waals surface area contributed by atoms with Crippen LogP contribution >= 0.6 is 0 Å². The highest BCUT2D eigenvalue weighted by Gasteiger charge is 2.56. The van der Waals surface area contributed by atoms with E-state index in [-0.39, 0.29) is 23.2 Å². The number of amides is 1. The molecule has 142 valence electrons. The van der Waals surface area contributed by atoms with E-state index in [9.17, 15) is 4.79 Å². The van der Waals surface area contributed by atoms with E-state index in [2.05, 4.69) is 55.3 Å². The van der Waals surface area contributed by atoms with Gasteiger partial charge < -0.3 is 15.0 Å². The summed E-state index contributed by atoms with van der Waals surface area (Å²) in [6.45, 7) is 11.1. The van der Waals surface area contributed by atoms with E-state index in [4.69, 9.17) is 4.74 Å². The van der Waals surface area contributed by atoms with Gasteiger partial charge in [0.15, 0.2) is 0 Å². The summed E-state index contributed by atoms with van der Waals surface area (Å²) in [5.74, 6) is 0.683. The number of nitrogens with one attached hydrogen (secondary N) is 1. The molecule has 1 aromatic rings. The number of ether oxygens (including phenoxy) is 1. The van der Waals surface area contributed by atoms with Crippen molar-refractivity contribution < 1.29 is 9.53 Å². The van der Waals surface area contributed by atoms with Crippen LogP contribution in [0.3, 0.4) is 0 Å². The van der Waals surface area contributed by atoms with Crippen molar-refractivity contribution >= 4 is 6.09 Å². The fourth-order valence-corrected chi connectivity index (χ4v) is 4.93. The van der Waals surface area contributed by atoms with Gasteiger partial charge in [-0.1, -0.05) is 45.0 Å². The largest absolute Gasteiger partial charge is 0.444 e. The van der Waals surface area contributed by atoms with Crippen molar-refractivity contribution in [1.82, 2.24) is 10.2 Å². The highest BCUT2D eigenvalue weighted by molar-refractivity contribution is 5.71. The van der Waals surface area contributed by atoms with Crippen LogP contribution in [-0.2, 0) is 10.2 Å². The number of hydrogen-bond donors (Lipinski definition) is 1. The Bertz CT molecular complexity index is 662. The molecule has 0 radical (unpaired) electrons. The zero-order valence-electron chi connectivity index (χ0n) is 16.5. The number of likely N-dealkylation sites (tertiary alicyclic amines) is 1. The van der Waals surface area contributed by atoms with E-state index < -0.39 is 0 Å². The molecule has 2 heterocycles. The molecule has 1 N–H and O–H groups in total. The summed E-state index contributed by atoms with van der Waals surface area (Å²) in [5, 5.41) is 3.05. The molecular formula is C22H32N2O2. The van der Waals surface area contributed by atoms with Gasteiger partial charge in [-0.05, 0) is 68.2 Å². The van der Waals surface area contributed by atoms with E-state index in [1.165, 1.54) is 24.0 Å². The molecule has 4 nitrogen and oxygen atoms in total. The maximum Gasteiger partial charge on any atom is 0.408 e. The highest BCUT2D eigenvalue weighted by atomic mass is 16.6. The third kappa shape index (κ3) is 3.13. The van der Waals surface area contributed by atoms with Gasteiger partial charge in [0.1, 0.15) is 6.10 Å². The number of carbonyl (C=O) groups excluding carboxylic acids is 1. The lowest BCUT2D eigenvalue weighted by atomic mass is 9.68. The van der Waals surface area contributed by atoms with Gasteiger partial charge in [-0.15, -0.1) is 0 Å². The van der Waals surface area contributed by atoms with Gasteiger partial charge in [0.25, 0.3) is 0 Å². The van der Waals surface area contributed by atoms with Crippen LogP contribution in [0.2, 0.25) is 0 Å². The van der Waals surface area contributed by atoms with Crippen molar-refractivity contribution in [3.63, 3.8) is 0 Å². The minimum atomic E-state index is -0.242. The predicted octanol–water partition coefficient (Wildman–Crippen LogP) is 4.19. The van der Waals surface area contributed by atoms with Crippen molar-refractivity contribution in [3.05, 3.63) is 35.4 Å². The molecule has 3 fully saturated rings. The fourth-order valence-electron chi connectivity index (χ4n) is 4.93. The van der Waals surface area contributed by atoms with E-state index in [1.54, 1.807) is 0 Å². The number of alkyl carbamates (subject to hydrolysis) is 1. The van der Waals surface area contributed by atoms with Crippen LogP contribution in [0.4, 0.5) is 4.79 Å². The van der Waals surface area contributed by atoms with Gasteiger partial charge in [0.05, 0.1) is 5.54 Å². The summed E-state index contributed by atoms with van der Waals surface area (Å²) in [6, 6.07) is 9.89. The number of cyclic esters (lactones) is 1. The maximum absolute atomic E-state index is 11.5. The van der Waals surface area contributed by atoms with Crippen LogP contribution in [0.5, 0.6) is 0 Å². The summed E-state index contributed by atoms with van der Waals surface area (Å²) in [6.07, 6.45) is 4.29. The lowest BCUT2D eigenvalue weighted by Crippen LogP contribution is -2.64. The molecule has 1 aliphatic carbocycles. The first-order valence-corrected chi connectivity index (χ1v) is 10.1. The Morgan fingerprint density at radius 3 is 2.23 bits per heavy atom. The van der Waals surface area contributed by atoms with E-state index in [1.807, 2.05) is 6.92 Å². The van der Waals surface area contributed by atoms with Crippen LogP contribution in [0.25, 0.3) is 0 Å². The molecule has 2 aliphatic heterocycles. The minimum Gasteiger partial charge on any atom is -0.444 e. The second-order valence-corrected chi connectivity index (χ2v) is 9.57. The smallest absolute Gasteiger partial charge is 0.408 e. The van der Waals surface area contributed by atoms with Crippen LogP contribution in [0, 0.1) is 0 Å². The van der Waals surface area contributed by atoms with Gasteiger partial charge >= 0.3 is 6.09 Å². The molecule has 1 atom stereocenters. The van der Waals surface area contributed by atoms with E-state index in [0.29, 0.717) is 12.0 Å². The fraction of sp³-hybridized carbons (Fsp3) is 0.682. The Morgan fingerprint density at radius 1 is 1.12 bits per heavy atom. The summed E-state index contributed by atoms with van der Waals surface area (Å²) >= 11 is 0. The van der Waals surface area contributed by atoms with Gasteiger partial charge in [-0.3, -0.25) is 0 Å². The lowest BCUT2D eigenvalue weighted by molar-refractivity contribution is -0.00388. The number of benzene rings is 1. The van der Waals surface area contributed by atoms with Crippen LogP contribution in [-0.4, -0.2) is 41.8 Å². The molecule has 3 aliphatic rings. The van der Waals surface area contributed by atoms with Crippen molar-refractivity contribution in [2.75, 3.05) is 13.1 Å². The molecule has 0 bridgehead atoms. The number of rotatable bonds is 2. The third-order valence-corrected chi connectivity index (χ3v) is 6.91. The van der Waals surface area contributed by atoms with Crippen LogP contribution < -0.4 is 5.32 Å². The van der Waals surface area contributed by atoms with Gasteiger partial charge in [0.2, 0.25) is 0 Å². The summed E-state index contributed by atoms with van der Waals surface area (Å²) < 4.78 is 5.29. The zero-order valence-corrected chi connectivity index (χ0v) is 16.5. The van der Waals surface area contributed by atoms with E-state index in [0.717, 1.165) is 25.9 Å². The Hall–Kier alpha value is -1.55. The van der Waals surface area contributed by atoms with Crippen LogP contribution in [0.1, 0.15) is 70.4 Å². The average molecular weight is 357 g/mol. The second kappa shape index (κ2) is 6.26. The zero-order chi connectivity index (χ0) is 18.5. The van der Waals surface area contributed by atoms with Crippen molar-refractivity contribution in [2.24, 2.45) is 0 Å². The first-order valence-electron chi connectivity index (χ1n) is 10.1. The quantitative estimate of drug-likeness (QED) is 0.864. The number of piperidine rings is 1. The highest BCUT2D eigenvalue weighted by Crippen LogP contribution is 2.44. The molecule has 0 aromatic heterocycles. The van der Waals surface area contributed by atoms with Gasteiger partial charge in [0, 0.05) is 6.04 Å². The monoisotopic (exact) mass is 356 g/mol. The van der Waals surface area contributed by atoms with Gasteiger partial charge in [-0.25, -0.2) is 4.79 Å². The predicted molar refractivity (Wildman–Crippen MR) is 104 cm³/mol. The summed E-state index contributed by atoms with van der Waals surface area (Å²) in [4.78, 5) is 14.1. The SMILES string of the molecule is C[C@H]1OC(=O)NC12CC(N1CCC(c3ccc(C(C)(C)C)cc3)CC1)C2. The first kappa shape index (κ1) is 17.8. The number of hydrogen-bond acceptors (Lipinski definition) is 3. The lowest BCUT2D eigenvalue weighted by Gasteiger charge is -2.51. The van der Waals surface area contributed by atoms with E-state index >= 15 is 0 Å². The molecule has 4 rings (SSSR count). The molecular weight excluding hydrogens is 324 g/mol. The second-order valence-electron chi connectivity index (χ2n) is 9.57. The maximum atomic E-state index is 11.5. The topological polar surface area (TPSA) is 41.6 Å². The molecule has 1 spiro atoms. The van der Waals surface area contributed by atoms with Crippen molar-refractivity contribution in [2.45, 2.75) is 82.4 Å². The Kier molecular flexibility index (Phi) is 4.30. The van der Waals surface area contributed by atoms with Crippen molar-refractivity contribution in [3.8, 4) is 0 Å². The normalized spacial score (nSPS) is 33.0. The average Bonchev–Trinajstić information content (AvgIpc) is 2.87. The number of nitrogens with zero attached hydrogens (tertiary/aromatic N) is 1. The standard InChI is InChI=1S/C22H32N2O2/c1-15-22(23-20(25)26-15)13-19(14-22)24-11-9-17(10-12-24)16-5-7-18(8-6-16)21(2,3)4/h5-8,15,17,19H,9-14H2,1-4H3,(H,23,25)/t15-,19?,22?/m1/s1. The first-order chi connectivity index (χ1) is 12.3. The Balaban J connectivity index is 1.31.